The number of esters is 1. The highest BCUT2D eigenvalue weighted by molar-refractivity contribution is 6.32. The molecule has 0 spiro atoms. The van der Waals surface area contributed by atoms with Gasteiger partial charge in [-0.2, -0.15) is 0 Å². The van der Waals surface area contributed by atoms with Crippen molar-refractivity contribution in [2.45, 2.75) is 26.3 Å². The van der Waals surface area contributed by atoms with Crippen LogP contribution in [0.2, 0.25) is 5.02 Å². The molecule has 1 N–H and O–H groups in total. The van der Waals surface area contributed by atoms with E-state index in [1.807, 2.05) is 18.4 Å². The average molecular weight is 422 g/mol. The van der Waals surface area contributed by atoms with Gasteiger partial charge in [0.1, 0.15) is 23.7 Å². The van der Waals surface area contributed by atoms with Crippen molar-refractivity contribution in [1.82, 2.24) is 4.57 Å². The highest BCUT2D eigenvalue weighted by Gasteiger charge is 2.28. The maximum absolute atomic E-state index is 12.6. The van der Waals surface area contributed by atoms with Crippen LogP contribution in [-0.4, -0.2) is 42.6 Å². The van der Waals surface area contributed by atoms with Gasteiger partial charge in [0.15, 0.2) is 5.43 Å². The topological polar surface area (TPSA) is 87.0 Å². The van der Waals surface area contributed by atoms with Crippen molar-refractivity contribution in [3.8, 4) is 22.8 Å². The Kier molecular flexibility index (Phi) is 6.49. The summed E-state index contributed by atoms with van der Waals surface area (Å²) in [6.45, 7) is 4.77. The number of benzene rings is 1. The molecule has 0 bridgehead atoms. The number of aliphatic hydroxyl groups excluding tert-OH is 1. The van der Waals surface area contributed by atoms with E-state index in [-0.39, 0.29) is 24.1 Å². The van der Waals surface area contributed by atoms with E-state index < -0.39 is 11.4 Å². The van der Waals surface area contributed by atoms with Crippen LogP contribution >= 0.6 is 11.6 Å². The van der Waals surface area contributed by atoms with Gasteiger partial charge in [-0.05, 0) is 12.0 Å². The number of pyridine rings is 1. The molecule has 2 aromatic rings. The minimum Gasteiger partial charge on any atom is -0.492 e. The van der Waals surface area contributed by atoms with E-state index in [1.165, 1.54) is 19.4 Å². The van der Waals surface area contributed by atoms with Gasteiger partial charge in [-0.3, -0.25) is 4.79 Å². The first kappa shape index (κ1) is 21.2. The van der Waals surface area contributed by atoms with Crippen LogP contribution in [0, 0.1) is 5.92 Å². The van der Waals surface area contributed by atoms with E-state index in [2.05, 4.69) is 0 Å². The van der Waals surface area contributed by atoms with Crippen LogP contribution in [0.4, 0.5) is 0 Å². The summed E-state index contributed by atoms with van der Waals surface area (Å²) < 4.78 is 18.3. The lowest BCUT2D eigenvalue weighted by atomic mass is 10.0. The first-order valence-electron chi connectivity index (χ1n) is 9.42. The Labute approximate surface area is 173 Å². The Morgan fingerprint density at radius 2 is 2.14 bits per heavy atom. The molecule has 29 heavy (non-hydrogen) atoms. The van der Waals surface area contributed by atoms with E-state index in [9.17, 15) is 9.59 Å². The second-order valence-corrected chi connectivity index (χ2v) is 7.57. The summed E-state index contributed by atoms with van der Waals surface area (Å²) in [5.41, 5.74) is 0.789. The molecule has 0 radical (unpaired) electrons. The first-order valence-corrected chi connectivity index (χ1v) is 9.80. The molecular formula is C21H24ClNO6. The van der Waals surface area contributed by atoms with Gasteiger partial charge >= 0.3 is 5.97 Å². The van der Waals surface area contributed by atoms with Crippen LogP contribution in [0.3, 0.4) is 0 Å². The molecule has 3 rings (SSSR count). The van der Waals surface area contributed by atoms with Gasteiger partial charge < -0.3 is 23.9 Å². The van der Waals surface area contributed by atoms with Crippen LogP contribution in [0.15, 0.2) is 29.2 Å². The van der Waals surface area contributed by atoms with Crippen molar-refractivity contribution >= 4 is 17.6 Å². The lowest BCUT2D eigenvalue weighted by molar-refractivity contribution is 0.0597. The summed E-state index contributed by atoms with van der Waals surface area (Å²) in [6, 6.07) is 4.69. The second-order valence-electron chi connectivity index (χ2n) is 7.16. The van der Waals surface area contributed by atoms with Crippen LogP contribution in [0.25, 0.3) is 11.3 Å². The molecule has 2 heterocycles. The number of aliphatic hydroxyl groups is 1. The molecule has 0 saturated carbocycles. The van der Waals surface area contributed by atoms with E-state index in [4.69, 9.17) is 30.9 Å². The fraction of sp³-hybridized carbons (Fsp3) is 0.429. The van der Waals surface area contributed by atoms with Gasteiger partial charge in [0.25, 0.3) is 0 Å². The van der Waals surface area contributed by atoms with Crippen LogP contribution in [0.1, 0.15) is 36.7 Å². The minimum atomic E-state index is -0.677. The monoisotopic (exact) mass is 421 g/mol. The molecule has 8 heteroatoms. The SMILES string of the molecule is COC(=O)c1cn2c(cc1=O)-c1cc(Cl)c(OCCCO)cc1OC[C@H]2C(C)C. The summed E-state index contributed by atoms with van der Waals surface area (Å²) in [7, 11) is 1.24. The molecule has 156 valence electrons. The highest BCUT2D eigenvalue weighted by Crippen LogP contribution is 2.42. The molecule has 1 aromatic carbocycles. The number of nitrogens with zero attached hydrogens (tertiary/aromatic N) is 1. The summed E-state index contributed by atoms with van der Waals surface area (Å²) in [5.74, 6) is 0.480. The maximum atomic E-state index is 12.6. The third kappa shape index (κ3) is 4.26. The zero-order chi connectivity index (χ0) is 21.1. The zero-order valence-electron chi connectivity index (χ0n) is 16.6. The zero-order valence-corrected chi connectivity index (χ0v) is 17.4. The lowest BCUT2D eigenvalue weighted by Gasteiger charge is -2.24. The number of carbonyl (C=O) groups excluding carboxylic acids is 1. The molecule has 1 aromatic heterocycles. The standard InChI is InChI=1S/C21H24ClNO6/c1-12(2)17-11-29-19-9-20(28-6-4-5-24)15(22)7-13(19)16-8-18(25)14(10-23(16)17)21(26)27-3/h7-10,12,17,24H,4-6,11H2,1-3H3/t17-/m0/s1. The third-order valence-electron chi connectivity index (χ3n) is 4.89. The van der Waals surface area contributed by atoms with Crippen molar-refractivity contribution in [2.75, 3.05) is 26.9 Å². The number of fused-ring (bicyclic) bond motifs is 3. The lowest BCUT2D eigenvalue weighted by Crippen LogP contribution is -2.26. The van der Waals surface area contributed by atoms with Crippen LogP contribution in [-0.2, 0) is 4.74 Å². The van der Waals surface area contributed by atoms with Gasteiger partial charge in [0.05, 0.1) is 30.5 Å². The Morgan fingerprint density at radius 3 is 2.79 bits per heavy atom. The molecule has 1 aliphatic rings. The predicted octanol–water partition coefficient (Wildman–Crippen LogP) is 3.31. The highest BCUT2D eigenvalue weighted by atomic mass is 35.5. The average Bonchev–Trinajstić information content (AvgIpc) is 2.83. The van der Waals surface area contributed by atoms with Gasteiger partial charge in [-0.1, -0.05) is 25.4 Å². The van der Waals surface area contributed by atoms with E-state index >= 15 is 0 Å². The van der Waals surface area contributed by atoms with Crippen molar-refractivity contribution in [3.63, 3.8) is 0 Å². The van der Waals surface area contributed by atoms with Crippen molar-refractivity contribution in [2.24, 2.45) is 5.92 Å². The Bertz CT molecular complexity index is 968. The first-order chi connectivity index (χ1) is 13.9. The summed E-state index contributed by atoms with van der Waals surface area (Å²) >= 11 is 6.40. The molecule has 0 amide bonds. The van der Waals surface area contributed by atoms with Gasteiger partial charge in [-0.25, -0.2) is 4.79 Å². The van der Waals surface area contributed by atoms with Crippen molar-refractivity contribution in [3.05, 3.63) is 45.2 Å². The molecule has 1 aliphatic heterocycles. The number of hydrogen-bond donors (Lipinski definition) is 1. The summed E-state index contributed by atoms with van der Waals surface area (Å²) in [6.07, 6.45) is 2.02. The molecule has 1 atom stereocenters. The predicted molar refractivity (Wildman–Crippen MR) is 109 cm³/mol. The van der Waals surface area contributed by atoms with Crippen molar-refractivity contribution < 1.29 is 24.1 Å². The molecule has 0 unspecified atom stereocenters. The fourth-order valence-corrected chi connectivity index (χ4v) is 3.50. The number of ether oxygens (including phenoxy) is 3. The Hall–Kier alpha value is -2.51. The largest absolute Gasteiger partial charge is 0.492 e. The minimum absolute atomic E-state index is 0.0218. The normalized spacial score (nSPS) is 15.2. The van der Waals surface area contributed by atoms with Gasteiger partial charge in [-0.15, -0.1) is 0 Å². The third-order valence-corrected chi connectivity index (χ3v) is 5.19. The van der Waals surface area contributed by atoms with E-state index in [1.54, 1.807) is 12.1 Å². The van der Waals surface area contributed by atoms with E-state index in [0.29, 0.717) is 47.4 Å². The number of hydrogen-bond acceptors (Lipinski definition) is 6. The van der Waals surface area contributed by atoms with Gasteiger partial charge in [0, 0.05) is 36.9 Å². The smallest absolute Gasteiger partial charge is 0.343 e. The van der Waals surface area contributed by atoms with Gasteiger partial charge in [0.2, 0.25) is 0 Å². The number of rotatable bonds is 6. The van der Waals surface area contributed by atoms with Crippen LogP contribution < -0.4 is 14.9 Å². The number of halogens is 1. The molecular weight excluding hydrogens is 398 g/mol. The quantitative estimate of drug-likeness (QED) is 0.568. The van der Waals surface area contributed by atoms with Crippen LogP contribution in [0.5, 0.6) is 11.5 Å². The molecule has 0 fully saturated rings. The Morgan fingerprint density at radius 1 is 1.38 bits per heavy atom. The molecule has 0 aliphatic carbocycles. The fourth-order valence-electron chi connectivity index (χ4n) is 3.28. The second kappa shape index (κ2) is 8.88. The molecule has 0 saturated heterocycles. The summed E-state index contributed by atoms with van der Waals surface area (Å²) in [5, 5.41) is 9.30. The maximum Gasteiger partial charge on any atom is 0.343 e. The van der Waals surface area contributed by atoms with E-state index in [0.717, 1.165) is 0 Å². The van der Waals surface area contributed by atoms with Crippen molar-refractivity contribution in [1.29, 1.82) is 0 Å². The Balaban J connectivity index is 2.16. The number of aromatic nitrogens is 1. The number of methoxy groups -OCH3 is 1. The summed E-state index contributed by atoms with van der Waals surface area (Å²) in [4.78, 5) is 24.6. The number of carbonyl (C=O) groups is 1. The molecule has 7 nitrogen and oxygen atoms in total.